The van der Waals surface area contributed by atoms with E-state index in [1.54, 1.807) is 7.05 Å². The number of carbonyl (C=O) groups excluding carboxylic acids is 2. The molecule has 8 heteroatoms. The van der Waals surface area contributed by atoms with Gasteiger partial charge in [-0.3, -0.25) is 19.2 Å². The van der Waals surface area contributed by atoms with Gasteiger partial charge in [0.2, 0.25) is 5.91 Å². The van der Waals surface area contributed by atoms with Gasteiger partial charge in [0.1, 0.15) is 18.1 Å². The highest BCUT2D eigenvalue weighted by molar-refractivity contribution is 6.33. The average molecular weight is 408 g/mol. The Kier molecular flexibility index (Phi) is 8.47. The summed E-state index contributed by atoms with van der Waals surface area (Å²) >= 11 is 6.01. The van der Waals surface area contributed by atoms with E-state index in [0.717, 1.165) is 31.0 Å². The summed E-state index contributed by atoms with van der Waals surface area (Å²) in [6.07, 6.45) is 3.29. The van der Waals surface area contributed by atoms with Crippen molar-refractivity contribution < 1.29 is 19.1 Å². The van der Waals surface area contributed by atoms with Gasteiger partial charge in [0, 0.05) is 27.2 Å². The topological polar surface area (TPSA) is 73.7 Å². The highest BCUT2D eigenvalue weighted by atomic mass is 35.5. The third-order valence-electron chi connectivity index (χ3n) is 4.19. The zero-order valence-corrected chi connectivity index (χ0v) is 17.2. The zero-order chi connectivity index (χ0) is 20.5. The standard InChI is InChI=1S/C20H26ClN3O4/c1-4-27-12-5-6-16-7-9-17(10-8-16)28-13-11-24(15(2)25)20(26)19-18(21)14-22-23(19)3/h7-10,14H,4-6,11-13H2,1-3H3. The first kappa shape index (κ1) is 21.9. The molecular weight excluding hydrogens is 382 g/mol. The van der Waals surface area contributed by atoms with E-state index in [1.807, 2.05) is 31.2 Å². The monoisotopic (exact) mass is 407 g/mol. The SMILES string of the molecule is CCOCCCc1ccc(OCCN(C(C)=O)C(=O)c2c(Cl)cnn2C)cc1. The van der Waals surface area contributed by atoms with Crippen molar-refractivity contribution in [3.63, 3.8) is 0 Å². The number of halogens is 1. The molecule has 2 rings (SSSR count). The molecule has 28 heavy (non-hydrogen) atoms. The lowest BCUT2D eigenvalue weighted by Gasteiger charge is -2.19. The summed E-state index contributed by atoms with van der Waals surface area (Å²) in [5.74, 6) is -0.190. The summed E-state index contributed by atoms with van der Waals surface area (Å²) in [7, 11) is 1.60. The Morgan fingerprint density at radius 1 is 1.21 bits per heavy atom. The Hall–Kier alpha value is -2.38. The summed E-state index contributed by atoms with van der Waals surface area (Å²) in [6, 6.07) is 7.77. The maximum Gasteiger partial charge on any atom is 0.280 e. The number of rotatable bonds is 10. The lowest BCUT2D eigenvalue weighted by Crippen LogP contribution is -2.39. The summed E-state index contributed by atoms with van der Waals surface area (Å²) in [5.41, 5.74) is 1.38. The first-order valence-electron chi connectivity index (χ1n) is 9.23. The van der Waals surface area contributed by atoms with Crippen molar-refractivity contribution in [2.24, 2.45) is 7.05 Å². The van der Waals surface area contributed by atoms with Crippen molar-refractivity contribution >= 4 is 23.4 Å². The molecule has 152 valence electrons. The lowest BCUT2D eigenvalue weighted by atomic mass is 10.1. The predicted molar refractivity (Wildman–Crippen MR) is 107 cm³/mol. The molecule has 0 aliphatic rings. The molecule has 1 aromatic heterocycles. The number of aromatic nitrogens is 2. The molecule has 7 nitrogen and oxygen atoms in total. The molecule has 0 atom stereocenters. The first-order chi connectivity index (χ1) is 13.4. The Balaban J connectivity index is 1.87. The predicted octanol–water partition coefficient (Wildman–Crippen LogP) is 3.11. The Labute approximate surface area is 170 Å². The lowest BCUT2D eigenvalue weighted by molar-refractivity contribution is -0.126. The van der Waals surface area contributed by atoms with Gasteiger partial charge in [-0.25, -0.2) is 0 Å². The van der Waals surface area contributed by atoms with Crippen LogP contribution in [-0.4, -0.2) is 52.9 Å². The minimum absolute atomic E-state index is 0.117. The van der Waals surface area contributed by atoms with E-state index >= 15 is 0 Å². The van der Waals surface area contributed by atoms with Crippen LogP contribution in [0.25, 0.3) is 0 Å². The fourth-order valence-corrected chi connectivity index (χ4v) is 2.96. The Morgan fingerprint density at radius 3 is 2.50 bits per heavy atom. The smallest absolute Gasteiger partial charge is 0.280 e. The summed E-state index contributed by atoms with van der Waals surface area (Å²) in [6.45, 7) is 5.11. The zero-order valence-electron chi connectivity index (χ0n) is 16.5. The molecule has 1 heterocycles. The number of hydrogen-bond acceptors (Lipinski definition) is 5. The second kappa shape index (κ2) is 10.8. The van der Waals surface area contributed by atoms with Crippen molar-refractivity contribution in [2.45, 2.75) is 26.7 Å². The number of amides is 2. The molecule has 0 saturated carbocycles. The maximum atomic E-state index is 12.6. The summed E-state index contributed by atoms with van der Waals surface area (Å²) in [5, 5.41) is 4.14. The fourth-order valence-electron chi connectivity index (χ4n) is 2.71. The molecule has 2 amide bonds. The van der Waals surface area contributed by atoms with Crippen LogP contribution in [0.3, 0.4) is 0 Å². The summed E-state index contributed by atoms with van der Waals surface area (Å²) in [4.78, 5) is 25.6. The fraction of sp³-hybridized carbons (Fsp3) is 0.450. The van der Waals surface area contributed by atoms with E-state index in [4.69, 9.17) is 21.1 Å². The van der Waals surface area contributed by atoms with Crippen LogP contribution in [0.1, 0.15) is 36.3 Å². The van der Waals surface area contributed by atoms with Crippen molar-refractivity contribution in [1.29, 1.82) is 0 Å². The second-order valence-corrected chi connectivity index (χ2v) is 6.64. The molecule has 0 spiro atoms. The number of carbonyl (C=O) groups is 2. The van der Waals surface area contributed by atoms with Gasteiger partial charge in [-0.1, -0.05) is 23.7 Å². The van der Waals surface area contributed by atoms with Crippen LogP contribution in [0, 0.1) is 0 Å². The molecule has 0 radical (unpaired) electrons. The number of ether oxygens (including phenoxy) is 2. The number of aryl methyl sites for hydroxylation is 2. The number of hydrogen-bond donors (Lipinski definition) is 0. The van der Waals surface area contributed by atoms with Gasteiger partial charge in [0.05, 0.1) is 17.8 Å². The van der Waals surface area contributed by atoms with E-state index in [-0.39, 0.29) is 29.8 Å². The van der Waals surface area contributed by atoms with Crippen LogP contribution in [0.2, 0.25) is 5.02 Å². The van der Waals surface area contributed by atoms with Crippen molar-refractivity contribution in [1.82, 2.24) is 14.7 Å². The van der Waals surface area contributed by atoms with E-state index in [1.165, 1.54) is 23.4 Å². The van der Waals surface area contributed by atoms with Gasteiger partial charge in [-0.05, 0) is 37.5 Å². The third-order valence-corrected chi connectivity index (χ3v) is 4.46. The minimum atomic E-state index is -0.495. The first-order valence-corrected chi connectivity index (χ1v) is 9.61. The van der Waals surface area contributed by atoms with E-state index in [0.29, 0.717) is 5.75 Å². The quantitative estimate of drug-likeness (QED) is 0.566. The molecule has 1 aromatic carbocycles. The molecule has 0 N–H and O–H groups in total. The molecule has 2 aromatic rings. The molecule has 0 fully saturated rings. The van der Waals surface area contributed by atoms with Gasteiger partial charge in [-0.2, -0.15) is 5.10 Å². The van der Waals surface area contributed by atoms with Crippen molar-refractivity contribution in [3.05, 3.63) is 46.7 Å². The van der Waals surface area contributed by atoms with Gasteiger partial charge in [0.15, 0.2) is 0 Å². The van der Waals surface area contributed by atoms with Crippen LogP contribution >= 0.6 is 11.6 Å². The molecule has 0 unspecified atom stereocenters. The highest BCUT2D eigenvalue weighted by Crippen LogP contribution is 2.17. The highest BCUT2D eigenvalue weighted by Gasteiger charge is 2.25. The molecule has 0 aliphatic carbocycles. The normalized spacial score (nSPS) is 10.7. The molecule has 0 bridgehead atoms. The van der Waals surface area contributed by atoms with Gasteiger partial charge in [-0.15, -0.1) is 0 Å². The van der Waals surface area contributed by atoms with Crippen LogP contribution in [-0.2, 0) is 23.0 Å². The molecular formula is C20H26ClN3O4. The third kappa shape index (κ3) is 6.07. The van der Waals surface area contributed by atoms with Gasteiger partial charge < -0.3 is 9.47 Å². The van der Waals surface area contributed by atoms with Crippen molar-refractivity contribution in [2.75, 3.05) is 26.4 Å². The Bertz CT molecular complexity index is 770. The van der Waals surface area contributed by atoms with E-state index in [9.17, 15) is 9.59 Å². The van der Waals surface area contributed by atoms with Gasteiger partial charge in [0.25, 0.3) is 5.91 Å². The maximum absolute atomic E-state index is 12.6. The van der Waals surface area contributed by atoms with Crippen molar-refractivity contribution in [3.8, 4) is 5.75 Å². The van der Waals surface area contributed by atoms with Crippen LogP contribution in [0.15, 0.2) is 30.5 Å². The van der Waals surface area contributed by atoms with Crippen LogP contribution < -0.4 is 4.74 Å². The number of imide groups is 1. The average Bonchev–Trinajstić information content (AvgIpc) is 3.01. The molecule has 0 aliphatic heterocycles. The van der Waals surface area contributed by atoms with Gasteiger partial charge >= 0.3 is 0 Å². The van der Waals surface area contributed by atoms with Crippen LogP contribution in [0.5, 0.6) is 5.75 Å². The largest absolute Gasteiger partial charge is 0.492 e. The molecule has 0 saturated heterocycles. The Morgan fingerprint density at radius 2 is 1.93 bits per heavy atom. The van der Waals surface area contributed by atoms with E-state index in [2.05, 4.69) is 5.10 Å². The number of benzene rings is 1. The second-order valence-electron chi connectivity index (χ2n) is 6.23. The van der Waals surface area contributed by atoms with Crippen LogP contribution in [0.4, 0.5) is 0 Å². The number of nitrogens with zero attached hydrogens (tertiary/aromatic N) is 3. The minimum Gasteiger partial charge on any atom is -0.492 e. The van der Waals surface area contributed by atoms with E-state index < -0.39 is 5.91 Å². The summed E-state index contributed by atoms with van der Waals surface area (Å²) < 4.78 is 12.4.